The predicted octanol–water partition coefficient (Wildman–Crippen LogP) is 3.68. The molecule has 1 saturated carbocycles. The molecule has 152 valence electrons. The highest BCUT2D eigenvalue weighted by molar-refractivity contribution is 5.95. The van der Waals surface area contributed by atoms with E-state index in [-0.39, 0.29) is 30.4 Å². The van der Waals surface area contributed by atoms with Gasteiger partial charge in [-0.2, -0.15) is 0 Å². The summed E-state index contributed by atoms with van der Waals surface area (Å²) in [5, 5.41) is 12.0. The fraction of sp³-hybridized carbons (Fsp3) is 0.600. The summed E-state index contributed by atoms with van der Waals surface area (Å²) in [6.45, 7) is 5.22. The molecule has 1 aliphatic carbocycles. The first-order valence-corrected chi connectivity index (χ1v) is 9.74. The monoisotopic (exact) mass is 396 g/mol. The molecule has 0 atom stereocenters. The number of halogens is 1. The van der Waals surface area contributed by atoms with Crippen molar-refractivity contribution in [2.45, 2.75) is 64.5 Å². The average molecular weight is 397 g/mol. The highest BCUT2D eigenvalue weighted by Crippen LogP contribution is 2.16. The van der Waals surface area contributed by atoms with Crippen LogP contribution in [-0.4, -0.2) is 37.1 Å². The second-order valence-corrected chi connectivity index (χ2v) is 7.23. The van der Waals surface area contributed by atoms with E-state index in [0.29, 0.717) is 23.8 Å². The summed E-state index contributed by atoms with van der Waals surface area (Å²) in [5.74, 6) is -0.0918. The smallest absolute Gasteiger partial charge is 0.319 e. The van der Waals surface area contributed by atoms with Crippen molar-refractivity contribution in [2.24, 2.45) is 0 Å². The third-order valence-electron chi connectivity index (χ3n) is 4.52. The lowest BCUT2D eigenvalue weighted by Crippen LogP contribution is -2.36. The van der Waals surface area contributed by atoms with Crippen molar-refractivity contribution < 1.29 is 9.59 Å². The van der Waals surface area contributed by atoms with Crippen molar-refractivity contribution in [3.05, 3.63) is 29.8 Å². The normalized spacial score (nSPS) is 14.8. The van der Waals surface area contributed by atoms with E-state index in [1.807, 2.05) is 13.8 Å². The summed E-state index contributed by atoms with van der Waals surface area (Å²) >= 11 is 0. The summed E-state index contributed by atoms with van der Waals surface area (Å²) in [6, 6.07) is 7.33. The maximum atomic E-state index is 12.2. The number of carbonyl (C=O) groups is 2. The highest BCUT2D eigenvalue weighted by atomic mass is 35.5. The summed E-state index contributed by atoms with van der Waals surface area (Å²) in [5.41, 5.74) is 1.25. The maximum absolute atomic E-state index is 12.2. The molecule has 0 bridgehead atoms. The quantitative estimate of drug-likeness (QED) is 0.419. The van der Waals surface area contributed by atoms with Gasteiger partial charge in [0.1, 0.15) is 0 Å². The minimum absolute atomic E-state index is 0. The van der Waals surface area contributed by atoms with Gasteiger partial charge >= 0.3 is 6.03 Å². The molecular formula is C20H33ClN4O2. The summed E-state index contributed by atoms with van der Waals surface area (Å²) < 4.78 is 0. The van der Waals surface area contributed by atoms with Crippen molar-refractivity contribution in [1.82, 2.24) is 16.0 Å². The van der Waals surface area contributed by atoms with E-state index in [0.717, 1.165) is 6.54 Å². The maximum Gasteiger partial charge on any atom is 0.319 e. The Hall–Kier alpha value is -1.79. The SMILES string of the molecule is CC(C)NC(=O)Nc1ccc(C(=O)NCCNC2CCCCCC2)cc1.Cl. The van der Waals surface area contributed by atoms with Gasteiger partial charge in [0.2, 0.25) is 0 Å². The molecule has 0 spiro atoms. The molecule has 0 saturated heterocycles. The first-order valence-electron chi connectivity index (χ1n) is 9.74. The lowest BCUT2D eigenvalue weighted by molar-refractivity contribution is 0.0953. The second kappa shape index (κ2) is 12.6. The summed E-state index contributed by atoms with van der Waals surface area (Å²) in [6.07, 6.45) is 7.79. The Balaban J connectivity index is 0.00000364. The Bertz CT molecular complexity index is 570. The second-order valence-electron chi connectivity index (χ2n) is 7.23. The molecule has 0 aromatic heterocycles. The summed E-state index contributed by atoms with van der Waals surface area (Å²) in [4.78, 5) is 23.9. The van der Waals surface area contributed by atoms with Crippen LogP contribution in [0.3, 0.4) is 0 Å². The lowest BCUT2D eigenvalue weighted by Gasteiger charge is -2.16. The largest absolute Gasteiger partial charge is 0.351 e. The van der Waals surface area contributed by atoms with Gasteiger partial charge in [-0.05, 0) is 51.0 Å². The molecule has 4 N–H and O–H groups in total. The number of urea groups is 1. The highest BCUT2D eigenvalue weighted by Gasteiger charge is 2.11. The Kier molecular flexibility index (Phi) is 10.8. The Labute approximate surface area is 168 Å². The third kappa shape index (κ3) is 9.11. The minimum atomic E-state index is -0.248. The number of carbonyl (C=O) groups excluding carboxylic acids is 2. The zero-order valence-electron chi connectivity index (χ0n) is 16.3. The van der Waals surface area contributed by atoms with E-state index in [9.17, 15) is 9.59 Å². The average Bonchev–Trinajstić information content (AvgIpc) is 2.87. The van der Waals surface area contributed by atoms with Crippen molar-refractivity contribution in [2.75, 3.05) is 18.4 Å². The molecule has 1 aliphatic rings. The molecule has 0 radical (unpaired) electrons. The Morgan fingerprint density at radius 2 is 1.63 bits per heavy atom. The molecule has 2 rings (SSSR count). The number of amides is 3. The number of anilines is 1. The van der Waals surface area contributed by atoms with E-state index in [1.54, 1.807) is 24.3 Å². The Morgan fingerprint density at radius 3 is 2.22 bits per heavy atom. The number of hydrogen-bond acceptors (Lipinski definition) is 3. The topological polar surface area (TPSA) is 82.3 Å². The molecule has 7 heteroatoms. The predicted molar refractivity (Wildman–Crippen MR) is 113 cm³/mol. The van der Waals surface area contributed by atoms with E-state index >= 15 is 0 Å². The van der Waals surface area contributed by atoms with Gasteiger partial charge < -0.3 is 21.3 Å². The van der Waals surface area contributed by atoms with Gasteiger partial charge in [0.25, 0.3) is 5.91 Å². The van der Waals surface area contributed by atoms with Crippen molar-refractivity contribution >= 4 is 30.0 Å². The number of rotatable bonds is 7. The van der Waals surface area contributed by atoms with Gasteiger partial charge in [0.05, 0.1) is 0 Å². The van der Waals surface area contributed by atoms with Crippen LogP contribution in [0, 0.1) is 0 Å². The zero-order chi connectivity index (χ0) is 18.8. The molecule has 27 heavy (non-hydrogen) atoms. The molecule has 1 aromatic rings. The van der Waals surface area contributed by atoms with Crippen LogP contribution in [0.2, 0.25) is 0 Å². The summed E-state index contributed by atoms with van der Waals surface area (Å²) in [7, 11) is 0. The fourth-order valence-electron chi connectivity index (χ4n) is 3.17. The fourth-order valence-corrected chi connectivity index (χ4v) is 3.17. The van der Waals surface area contributed by atoms with Gasteiger partial charge in [-0.25, -0.2) is 4.79 Å². The van der Waals surface area contributed by atoms with Gasteiger partial charge in [0.15, 0.2) is 0 Å². The molecule has 0 aliphatic heterocycles. The van der Waals surface area contributed by atoms with Gasteiger partial charge in [-0.1, -0.05) is 25.7 Å². The van der Waals surface area contributed by atoms with E-state index < -0.39 is 0 Å². The molecule has 6 nitrogen and oxygen atoms in total. The number of benzene rings is 1. The zero-order valence-corrected chi connectivity index (χ0v) is 17.2. The molecule has 0 heterocycles. The van der Waals surface area contributed by atoms with Crippen molar-refractivity contribution in [1.29, 1.82) is 0 Å². The van der Waals surface area contributed by atoms with Gasteiger partial charge in [-0.15, -0.1) is 12.4 Å². The molecule has 1 fully saturated rings. The van der Waals surface area contributed by atoms with Crippen LogP contribution in [0.1, 0.15) is 62.7 Å². The Morgan fingerprint density at radius 1 is 1.00 bits per heavy atom. The first kappa shape index (κ1) is 23.2. The third-order valence-corrected chi connectivity index (χ3v) is 4.52. The van der Waals surface area contributed by atoms with E-state index in [2.05, 4.69) is 21.3 Å². The number of nitrogens with one attached hydrogen (secondary N) is 4. The number of hydrogen-bond donors (Lipinski definition) is 4. The molecule has 3 amide bonds. The molecule has 1 aromatic carbocycles. The molecule has 0 unspecified atom stereocenters. The van der Waals surface area contributed by atoms with Gasteiger partial charge in [-0.3, -0.25) is 4.79 Å². The van der Waals surface area contributed by atoms with Crippen LogP contribution in [0.15, 0.2) is 24.3 Å². The van der Waals surface area contributed by atoms with Crippen molar-refractivity contribution in [3.63, 3.8) is 0 Å². The molecular weight excluding hydrogens is 364 g/mol. The van der Waals surface area contributed by atoms with Crippen LogP contribution < -0.4 is 21.3 Å². The van der Waals surface area contributed by atoms with Gasteiger partial charge in [0, 0.05) is 36.4 Å². The van der Waals surface area contributed by atoms with Crippen molar-refractivity contribution in [3.8, 4) is 0 Å². The lowest BCUT2D eigenvalue weighted by atomic mass is 10.1. The van der Waals surface area contributed by atoms with E-state index in [4.69, 9.17) is 0 Å². The van der Waals surface area contributed by atoms with Crippen LogP contribution >= 0.6 is 12.4 Å². The first-order chi connectivity index (χ1) is 12.5. The standard InChI is InChI=1S/C20H32N4O2.ClH/c1-15(2)23-20(26)24-18-11-9-16(10-12-18)19(25)22-14-13-21-17-7-5-3-4-6-8-17;/h9-12,15,17,21H,3-8,13-14H2,1-2H3,(H,22,25)(H2,23,24,26);1H. The van der Waals surface area contributed by atoms with E-state index in [1.165, 1.54) is 38.5 Å². The minimum Gasteiger partial charge on any atom is -0.351 e. The van der Waals surface area contributed by atoms with Crippen LogP contribution in [0.25, 0.3) is 0 Å². The van der Waals surface area contributed by atoms with Crippen LogP contribution in [0.4, 0.5) is 10.5 Å². The van der Waals surface area contributed by atoms with Crippen LogP contribution in [0.5, 0.6) is 0 Å². The van der Waals surface area contributed by atoms with Crippen LogP contribution in [-0.2, 0) is 0 Å².